The number of ketones is 1. The summed E-state index contributed by atoms with van der Waals surface area (Å²) in [5, 5.41) is 12.7. The Morgan fingerprint density at radius 3 is 2.29 bits per heavy atom. The molecule has 1 rings (SSSR count). The number of hydrogen-bond donors (Lipinski definition) is 2. The largest absolute Gasteiger partial charge is 0.508 e. The second-order valence-electron chi connectivity index (χ2n) is 4.48. The standard InChI is InChI=1S/C14H21NO2/c1-5-15-14(11(4)16)8-13-9(2)6-12(17)7-10(13)3/h6-7,14-15,17H,5,8H2,1-4H3. The Kier molecular flexibility index (Phi) is 4.70. The molecule has 94 valence electrons. The van der Waals surface area contributed by atoms with E-state index in [2.05, 4.69) is 5.32 Å². The smallest absolute Gasteiger partial charge is 0.147 e. The topological polar surface area (TPSA) is 49.3 Å². The Hall–Kier alpha value is -1.35. The number of nitrogens with one attached hydrogen (secondary N) is 1. The second kappa shape index (κ2) is 5.82. The van der Waals surface area contributed by atoms with Gasteiger partial charge < -0.3 is 10.4 Å². The van der Waals surface area contributed by atoms with Crippen molar-refractivity contribution in [3.63, 3.8) is 0 Å². The van der Waals surface area contributed by atoms with Crippen LogP contribution < -0.4 is 5.32 Å². The summed E-state index contributed by atoms with van der Waals surface area (Å²) < 4.78 is 0. The minimum atomic E-state index is -0.137. The zero-order valence-electron chi connectivity index (χ0n) is 11.0. The third-order valence-electron chi connectivity index (χ3n) is 3.03. The van der Waals surface area contributed by atoms with Gasteiger partial charge >= 0.3 is 0 Å². The number of Topliss-reactive ketones (excluding diaryl/α,β-unsaturated/α-hetero) is 1. The van der Waals surface area contributed by atoms with E-state index in [1.54, 1.807) is 19.1 Å². The Bertz CT molecular complexity index is 390. The highest BCUT2D eigenvalue weighted by atomic mass is 16.3. The summed E-state index contributed by atoms with van der Waals surface area (Å²) in [4.78, 5) is 11.5. The first-order valence-corrected chi connectivity index (χ1v) is 5.98. The highest BCUT2D eigenvalue weighted by Gasteiger charge is 2.16. The van der Waals surface area contributed by atoms with Crippen LogP contribution in [0.25, 0.3) is 0 Å². The molecule has 1 aromatic rings. The van der Waals surface area contributed by atoms with Gasteiger partial charge in [-0.05, 0) is 62.6 Å². The van der Waals surface area contributed by atoms with Crippen molar-refractivity contribution in [1.29, 1.82) is 0 Å². The number of carbonyl (C=O) groups excluding carboxylic acids is 1. The first kappa shape index (κ1) is 13.7. The van der Waals surface area contributed by atoms with Crippen molar-refractivity contribution in [3.8, 4) is 5.75 Å². The summed E-state index contributed by atoms with van der Waals surface area (Å²) in [5.74, 6) is 0.435. The van der Waals surface area contributed by atoms with Crippen LogP contribution in [0.5, 0.6) is 5.75 Å². The number of benzene rings is 1. The SMILES string of the molecule is CCNC(Cc1c(C)cc(O)cc1C)C(C)=O. The molecule has 0 aliphatic heterocycles. The average Bonchev–Trinajstić information content (AvgIpc) is 2.21. The highest BCUT2D eigenvalue weighted by molar-refractivity contribution is 5.81. The molecule has 0 saturated carbocycles. The summed E-state index contributed by atoms with van der Waals surface area (Å²) in [6, 6.07) is 3.35. The minimum Gasteiger partial charge on any atom is -0.508 e. The van der Waals surface area contributed by atoms with Crippen LogP contribution in [0.15, 0.2) is 12.1 Å². The lowest BCUT2D eigenvalue weighted by atomic mass is 9.94. The molecule has 0 aliphatic rings. The van der Waals surface area contributed by atoms with Crippen LogP contribution in [0.4, 0.5) is 0 Å². The van der Waals surface area contributed by atoms with Crippen molar-refractivity contribution in [2.45, 2.75) is 40.2 Å². The molecule has 0 spiro atoms. The quantitative estimate of drug-likeness (QED) is 0.822. The Balaban J connectivity index is 2.97. The summed E-state index contributed by atoms with van der Waals surface area (Å²) in [7, 11) is 0. The zero-order valence-corrected chi connectivity index (χ0v) is 11.0. The number of aromatic hydroxyl groups is 1. The molecule has 0 fully saturated rings. The predicted molar refractivity (Wildman–Crippen MR) is 69.4 cm³/mol. The van der Waals surface area contributed by atoms with Crippen molar-refractivity contribution in [2.75, 3.05) is 6.54 Å². The van der Waals surface area contributed by atoms with E-state index in [0.29, 0.717) is 6.42 Å². The molecular formula is C14H21NO2. The molecule has 0 heterocycles. The molecule has 2 N–H and O–H groups in total. The van der Waals surface area contributed by atoms with E-state index in [1.165, 1.54) is 0 Å². The number of likely N-dealkylation sites (N-methyl/N-ethyl adjacent to an activating group) is 1. The summed E-state index contributed by atoms with van der Waals surface area (Å²) in [6.45, 7) is 8.31. The van der Waals surface area contributed by atoms with Gasteiger partial charge in [-0.25, -0.2) is 0 Å². The molecule has 0 amide bonds. The van der Waals surface area contributed by atoms with E-state index < -0.39 is 0 Å². The first-order chi connectivity index (χ1) is 7.95. The van der Waals surface area contributed by atoms with E-state index in [9.17, 15) is 9.90 Å². The molecule has 3 nitrogen and oxygen atoms in total. The average molecular weight is 235 g/mol. The van der Waals surface area contributed by atoms with Gasteiger partial charge in [0.05, 0.1) is 6.04 Å². The third-order valence-corrected chi connectivity index (χ3v) is 3.03. The Morgan fingerprint density at radius 1 is 1.35 bits per heavy atom. The maximum absolute atomic E-state index is 11.5. The van der Waals surface area contributed by atoms with Crippen LogP contribution in [-0.2, 0) is 11.2 Å². The van der Waals surface area contributed by atoms with Gasteiger partial charge in [0.2, 0.25) is 0 Å². The monoisotopic (exact) mass is 235 g/mol. The van der Waals surface area contributed by atoms with Crippen LogP contribution in [0.3, 0.4) is 0 Å². The number of carbonyl (C=O) groups is 1. The van der Waals surface area contributed by atoms with Gasteiger partial charge in [0.15, 0.2) is 0 Å². The van der Waals surface area contributed by atoms with E-state index in [1.807, 2.05) is 20.8 Å². The lowest BCUT2D eigenvalue weighted by Gasteiger charge is -2.18. The minimum absolute atomic E-state index is 0.137. The van der Waals surface area contributed by atoms with Crippen LogP contribution in [0.2, 0.25) is 0 Å². The lowest BCUT2D eigenvalue weighted by Crippen LogP contribution is -2.37. The van der Waals surface area contributed by atoms with Crippen LogP contribution in [-0.4, -0.2) is 23.5 Å². The molecule has 0 aromatic heterocycles. The molecular weight excluding hydrogens is 214 g/mol. The van der Waals surface area contributed by atoms with Crippen molar-refractivity contribution in [3.05, 3.63) is 28.8 Å². The number of aryl methyl sites for hydroxylation is 2. The molecule has 0 saturated heterocycles. The van der Waals surface area contributed by atoms with Crippen LogP contribution in [0.1, 0.15) is 30.5 Å². The normalized spacial score (nSPS) is 12.5. The van der Waals surface area contributed by atoms with Gasteiger partial charge in [0.1, 0.15) is 11.5 Å². The zero-order chi connectivity index (χ0) is 13.0. The summed E-state index contributed by atoms with van der Waals surface area (Å²) in [5.41, 5.74) is 3.21. The van der Waals surface area contributed by atoms with Crippen molar-refractivity contribution in [2.24, 2.45) is 0 Å². The van der Waals surface area contributed by atoms with E-state index in [0.717, 1.165) is 23.2 Å². The molecule has 0 radical (unpaired) electrons. The first-order valence-electron chi connectivity index (χ1n) is 5.98. The van der Waals surface area contributed by atoms with Gasteiger partial charge in [0.25, 0.3) is 0 Å². The number of rotatable bonds is 5. The number of phenols is 1. The van der Waals surface area contributed by atoms with Crippen molar-refractivity contribution >= 4 is 5.78 Å². The highest BCUT2D eigenvalue weighted by Crippen LogP contribution is 2.22. The predicted octanol–water partition coefficient (Wildman–Crippen LogP) is 2.12. The Morgan fingerprint density at radius 2 is 1.88 bits per heavy atom. The van der Waals surface area contributed by atoms with E-state index >= 15 is 0 Å². The molecule has 0 aliphatic carbocycles. The molecule has 0 bridgehead atoms. The van der Waals surface area contributed by atoms with Crippen LogP contribution >= 0.6 is 0 Å². The summed E-state index contributed by atoms with van der Waals surface area (Å²) in [6.07, 6.45) is 0.682. The fraction of sp³-hybridized carbons (Fsp3) is 0.500. The fourth-order valence-corrected chi connectivity index (χ4v) is 2.10. The maximum Gasteiger partial charge on any atom is 0.147 e. The molecule has 17 heavy (non-hydrogen) atoms. The molecule has 1 unspecified atom stereocenters. The maximum atomic E-state index is 11.5. The molecule has 1 aromatic carbocycles. The van der Waals surface area contributed by atoms with Crippen molar-refractivity contribution in [1.82, 2.24) is 5.32 Å². The van der Waals surface area contributed by atoms with Crippen LogP contribution in [0, 0.1) is 13.8 Å². The van der Waals surface area contributed by atoms with Gasteiger partial charge in [-0.1, -0.05) is 6.92 Å². The second-order valence-corrected chi connectivity index (χ2v) is 4.48. The fourth-order valence-electron chi connectivity index (χ4n) is 2.10. The van der Waals surface area contributed by atoms with Crippen molar-refractivity contribution < 1.29 is 9.90 Å². The van der Waals surface area contributed by atoms with Gasteiger partial charge in [0, 0.05) is 0 Å². The van der Waals surface area contributed by atoms with Gasteiger partial charge in [-0.15, -0.1) is 0 Å². The van der Waals surface area contributed by atoms with E-state index in [4.69, 9.17) is 0 Å². The number of phenolic OH excluding ortho intramolecular Hbond substituents is 1. The van der Waals surface area contributed by atoms with E-state index in [-0.39, 0.29) is 17.6 Å². The summed E-state index contributed by atoms with van der Waals surface area (Å²) >= 11 is 0. The number of hydrogen-bond acceptors (Lipinski definition) is 3. The van der Waals surface area contributed by atoms with Gasteiger partial charge in [-0.2, -0.15) is 0 Å². The third kappa shape index (κ3) is 3.56. The Labute approximate surface area is 103 Å². The molecule has 1 atom stereocenters. The lowest BCUT2D eigenvalue weighted by molar-refractivity contribution is -0.118. The van der Waals surface area contributed by atoms with Gasteiger partial charge in [-0.3, -0.25) is 4.79 Å². The molecule has 3 heteroatoms.